The van der Waals surface area contributed by atoms with Crippen LogP contribution in [-0.4, -0.2) is 39.2 Å². The fourth-order valence-electron chi connectivity index (χ4n) is 2.39. The lowest BCUT2D eigenvalue weighted by Crippen LogP contribution is -2.29. The standard InChI is InChI=1S/C19H24N4O4/c1-11-6-7-12(17(26)20-10-16(24)25)8-13(11)21-18(27)14-9-15(19(2,3)4)22-23(14)5/h6-9H,10H2,1-5H3,(H,20,26)(H,21,27)(H,24,25). The number of hydrogen-bond acceptors (Lipinski definition) is 4. The molecule has 0 aliphatic rings. The minimum atomic E-state index is -1.13. The Balaban J connectivity index is 2.23. The molecule has 1 aromatic heterocycles. The zero-order chi connectivity index (χ0) is 20.4. The molecule has 2 amide bonds. The molecule has 0 bridgehead atoms. The number of aromatic nitrogens is 2. The normalized spacial score (nSPS) is 11.1. The molecule has 8 nitrogen and oxygen atoms in total. The highest BCUT2D eigenvalue weighted by Gasteiger charge is 2.22. The van der Waals surface area contributed by atoms with Crippen molar-refractivity contribution < 1.29 is 19.5 Å². The number of anilines is 1. The van der Waals surface area contributed by atoms with Crippen LogP contribution in [0.25, 0.3) is 0 Å². The Morgan fingerprint density at radius 3 is 2.37 bits per heavy atom. The van der Waals surface area contributed by atoms with Crippen LogP contribution < -0.4 is 10.6 Å². The fraction of sp³-hybridized carbons (Fsp3) is 0.368. The van der Waals surface area contributed by atoms with Crippen molar-refractivity contribution in [1.82, 2.24) is 15.1 Å². The number of hydrogen-bond donors (Lipinski definition) is 3. The van der Waals surface area contributed by atoms with Crippen molar-refractivity contribution in [2.45, 2.75) is 33.1 Å². The molecule has 0 saturated carbocycles. The van der Waals surface area contributed by atoms with Crippen LogP contribution in [-0.2, 0) is 17.3 Å². The molecule has 144 valence electrons. The average Bonchev–Trinajstić information content (AvgIpc) is 2.96. The number of carbonyl (C=O) groups excluding carboxylic acids is 2. The highest BCUT2D eigenvalue weighted by molar-refractivity contribution is 6.04. The van der Waals surface area contributed by atoms with E-state index in [1.165, 1.54) is 10.7 Å². The molecule has 27 heavy (non-hydrogen) atoms. The first-order valence-electron chi connectivity index (χ1n) is 8.45. The van der Waals surface area contributed by atoms with E-state index in [0.717, 1.165) is 11.3 Å². The van der Waals surface area contributed by atoms with Gasteiger partial charge in [-0.15, -0.1) is 0 Å². The third-order valence-electron chi connectivity index (χ3n) is 4.03. The van der Waals surface area contributed by atoms with Crippen molar-refractivity contribution in [1.29, 1.82) is 0 Å². The average molecular weight is 372 g/mol. The van der Waals surface area contributed by atoms with E-state index < -0.39 is 18.4 Å². The smallest absolute Gasteiger partial charge is 0.322 e. The first kappa shape index (κ1) is 20.2. The number of nitrogens with one attached hydrogen (secondary N) is 2. The van der Waals surface area contributed by atoms with Gasteiger partial charge in [-0.3, -0.25) is 19.1 Å². The van der Waals surface area contributed by atoms with E-state index in [2.05, 4.69) is 15.7 Å². The zero-order valence-corrected chi connectivity index (χ0v) is 16.1. The Hall–Kier alpha value is -3.16. The largest absolute Gasteiger partial charge is 0.480 e. The molecule has 0 fully saturated rings. The number of carboxylic acids is 1. The van der Waals surface area contributed by atoms with E-state index >= 15 is 0 Å². The van der Waals surface area contributed by atoms with E-state index in [9.17, 15) is 14.4 Å². The molecule has 0 unspecified atom stereocenters. The predicted octanol–water partition coefficient (Wildman–Crippen LogP) is 2.09. The van der Waals surface area contributed by atoms with Gasteiger partial charge in [0.1, 0.15) is 12.2 Å². The number of benzene rings is 1. The maximum absolute atomic E-state index is 12.7. The van der Waals surface area contributed by atoms with Gasteiger partial charge < -0.3 is 15.7 Å². The number of nitrogens with zero attached hydrogens (tertiary/aromatic N) is 2. The summed E-state index contributed by atoms with van der Waals surface area (Å²) in [4.78, 5) is 35.3. The van der Waals surface area contributed by atoms with E-state index in [4.69, 9.17) is 5.11 Å². The summed E-state index contributed by atoms with van der Waals surface area (Å²) < 4.78 is 1.52. The van der Waals surface area contributed by atoms with Crippen molar-refractivity contribution in [2.24, 2.45) is 7.05 Å². The highest BCUT2D eigenvalue weighted by Crippen LogP contribution is 2.23. The molecule has 1 aromatic carbocycles. The Bertz CT molecular complexity index is 894. The van der Waals surface area contributed by atoms with Gasteiger partial charge in [0.25, 0.3) is 11.8 Å². The van der Waals surface area contributed by atoms with Gasteiger partial charge in [0.2, 0.25) is 0 Å². The van der Waals surface area contributed by atoms with Gasteiger partial charge in [-0.1, -0.05) is 26.8 Å². The number of aryl methyl sites for hydroxylation is 2. The number of amides is 2. The van der Waals surface area contributed by atoms with Gasteiger partial charge in [-0.2, -0.15) is 5.10 Å². The van der Waals surface area contributed by atoms with Crippen molar-refractivity contribution in [3.63, 3.8) is 0 Å². The summed E-state index contributed by atoms with van der Waals surface area (Å²) in [5, 5.41) is 18.1. The molecule has 0 spiro atoms. The number of aliphatic carboxylic acids is 1. The maximum Gasteiger partial charge on any atom is 0.322 e. The summed E-state index contributed by atoms with van der Waals surface area (Å²) >= 11 is 0. The van der Waals surface area contributed by atoms with Crippen LogP contribution in [0.4, 0.5) is 5.69 Å². The molecule has 0 aliphatic carbocycles. The number of carboxylic acid groups (broad SMARTS) is 1. The molecular weight excluding hydrogens is 348 g/mol. The monoisotopic (exact) mass is 372 g/mol. The second kappa shape index (κ2) is 7.61. The summed E-state index contributed by atoms with van der Waals surface area (Å²) in [5.74, 6) is -2.00. The lowest BCUT2D eigenvalue weighted by Gasteiger charge is -2.13. The number of rotatable bonds is 5. The van der Waals surface area contributed by atoms with Gasteiger partial charge in [0.05, 0.1) is 5.69 Å². The van der Waals surface area contributed by atoms with Gasteiger partial charge in [-0.05, 0) is 30.7 Å². The van der Waals surface area contributed by atoms with Crippen molar-refractivity contribution in [3.8, 4) is 0 Å². The molecule has 2 aromatic rings. The zero-order valence-electron chi connectivity index (χ0n) is 16.1. The molecular formula is C19H24N4O4. The van der Waals surface area contributed by atoms with Crippen molar-refractivity contribution in [2.75, 3.05) is 11.9 Å². The first-order valence-corrected chi connectivity index (χ1v) is 8.45. The van der Waals surface area contributed by atoms with Crippen LogP contribution >= 0.6 is 0 Å². The van der Waals surface area contributed by atoms with Crippen LogP contribution in [0, 0.1) is 6.92 Å². The topological polar surface area (TPSA) is 113 Å². The number of carbonyl (C=O) groups is 3. The third-order valence-corrected chi connectivity index (χ3v) is 4.03. The first-order chi connectivity index (χ1) is 12.5. The molecule has 8 heteroatoms. The molecule has 0 aliphatic heterocycles. The Labute approximate surface area is 157 Å². The Kier molecular flexibility index (Phi) is 5.68. The summed E-state index contributed by atoms with van der Waals surface area (Å²) in [6.45, 7) is 7.37. The van der Waals surface area contributed by atoms with Crippen molar-refractivity contribution in [3.05, 3.63) is 46.8 Å². The summed E-state index contributed by atoms with van der Waals surface area (Å²) in [5.41, 5.74) is 2.53. The second-order valence-corrected chi connectivity index (χ2v) is 7.35. The van der Waals surface area contributed by atoms with Crippen LogP contribution in [0.5, 0.6) is 0 Å². The van der Waals surface area contributed by atoms with Crippen molar-refractivity contribution >= 4 is 23.5 Å². The molecule has 2 rings (SSSR count). The molecule has 1 heterocycles. The van der Waals surface area contributed by atoms with E-state index in [-0.39, 0.29) is 16.9 Å². The Morgan fingerprint density at radius 1 is 1.15 bits per heavy atom. The Morgan fingerprint density at radius 2 is 1.81 bits per heavy atom. The van der Waals surface area contributed by atoms with Gasteiger partial charge >= 0.3 is 5.97 Å². The van der Waals surface area contributed by atoms with Gasteiger partial charge in [0, 0.05) is 23.7 Å². The summed E-state index contributed by atoms with van der Waals surface area (Å²) in [6.07, 6.45) is 0. The highest BCUT2D eigenvalue weighted by atomic mass is 16.4. The second-order valence-electron chi connectivity index (χ2n) is 7.35. The van der Waals surface area contributed by atoms with Gasteiger partial charge in [0.15, 0.2) is 0 Å². The third kappa shape index (κ3) is 4.93. The lowest BCUT2D eigenvalue weighted by atomic mass is 9.92. The molecule has 0 radical (unpaired) electrons. The van der Waals surface area contributed by atoms with Crippen LogP contribution in [0.3, 0.4) is 0 Å². The molecule has 0 atom stereocenters. The van der Waals surface area contributed by atoms with Crippen LogP contribution in [0.1, 0.15) is 52.9 Å². The van der Waals surface area contributed by atoms with Crippen LogP contribution in [0.15, 0.2) is 24.3 Å². The fourth-order valence-corrected chi connectivity index (χ4v) is 2.39. The SMILES string of the molecule is Cc1ccc(C(=O)NCC(=O)O)cc1NC(=O)c1cc(C(C)(C)C)nn1C. The van der Waals surface area contributed by atoms with Gasteiger partial charge in [-0.25, -0.2) is 0 Å². The summed E-state index contributed by atoms with van der Waals surface area (Å²) in [6, 6.07) is 6.53. The minimum Gasteiger partial charge on any atom is -0.480 e. The summed E-state index contributed by atoms with van der Waals surface area (Å²) in [7, 11) is 1.70. The quantitative estimate of drug-likeness (QED) is 0.744. The predicted molar refractivity (Wildman–Crippen MR) is 101 cm³/mol. The van der Waals surface area contributed by atoms with E-state index in [1.807, 2.05) is 20.8 Å². The minimum absolute atomic E-state index is 0.186. The van der Waals surface area contributed by atoms with E-state index in [1.54, 1.807) is 32.2 Å². The van der Waals surface area contributed by atoms with Crippen LogP contribution in [0.2, 0.25) is 0 Å². The molecule has 0 saturated heterocycles. The molecule has 3 N–H and O–H groups in total. The van der Waals surface area contributed by atoms with E-state index in [0.29, 0.717) is 11.4 Å². The maximum atomic E-state index is 12.7. The lowest BCUT2D eigenvalue weighted by molar-refractivity contribution is -0.135.